The number of hydrogen-bond donors (Lipinski definition) is 2. The molecule has 0 heterocycles. The summed E-state index contributed by atoms with van der Waals surface area (Å²) in [4.78, 5) is 24.5. The van der Waals surface area contributed by atoms with Gasteiger partial charge in [-0.2, -0.15) is 0 Å². The van der Waals surface area contributed by atoms with Crippen molar-refractivity contribution in [3.8, 4) is 0 Å². The maximum absolute atomic E-state index is 12.0. The van der Waals surface area contributed by atoms with Crippen molar-refractivity contribution < 1.29 is 14.7 Å². The summed E-state index contributed by atoms with van der Waals surface area (Å²) in [6.07, 6.45) is 2.61. The topological polar surface area (TPSA) is 69.6 Å². The summed E-state index contributed by atoms with van der Waals surface area (Å²) in [5.41, 5.74) is 0. The number of aliphatic carboxylic acids is 1. The summed E-state index contributed by atoms with van der Waals surface area (Å²) < 4.78 is 0. The van der Waals surface area contributed by atoms with E-state index in [1.807, 2.05) is 20.8 Å². The Bertz CT molecular complexity index is 265. The predicted molar refractivity (Wildman–Crippen MR) is 71.5 cm³/mol. The van der Waals surface area contributed by atoms with Gasteiger partial charge in [0.25, 0.3) is 0 Å². The third-order valence-corrected chi connectivity index (χ3v) is 3.11. The number of carboxylic acids is 1. The normalized spacial score (nSPS) is 12.8. The zero-order chi connectivity index (χ0) is 14.1. The van der Waals surface area contributed by atoms with Crippen LogP contribution in [0.15, 0.2) is 0 Å². The van der Waals surface area contributed by atoms with Crippen molar-refractivity contribution in [3.63, 3.8) is 0 Å². The first-order valence-electron chi connectivity index (χ1n) is 6.72. The zero-order valence-corrected chi connectivity index (χ0v) is 11.9. The Balaban J connectivity index is 4.49. The second-order valence-corrected chi connectivity index (χ2v) is 4.56. The van der Waals surface area contributed by atoms with Crippen LogP contribution < -0.4 is 5.32 Å². The summed E-state index contributed by atoms with van der Waals surface area (Å²) in [6.45, 7) is 8.31. The molecule has 0 aliphatic carbocycles. The Morgan fingerprint density at radius 2 is 1.78 bits per heavy atom. The summed E-state index contributed by atoms with van der Waals surface area (Å²) in [7, 11) is 0. The number of hydrogen-bond acceptors (Lipinski definition) is 3. The van der Waals surface area contributed by atoms with Gasteiger partial charge in [-0.25, -0.2) is 0 Å². The van der Waals surface area contributed by atoms with E-state index in [0.29, 0.717) is 6.54 Å². The van der Waals surface area contributed by atoms with E-state index in [-0.39, 0.29) is 18.5 Å². The molecule has 18 heavy (non-hydrogen) atoms. The lowest BCUT2D eigenvalue weighted by Crippen LogP contribution is -2.49. The molecule has 0 saturated carbocycles. The van der Waals surface area contributed by atoms with Crippen LogP contribution in [-0.4, -0.2) is 47.1 Å². The molecular formula is C13H26N2O3. The number of carboxylic acid groups (broad SMARTS) is 1. The third-order valence-electron chi connectivity index (χ3n) is 3.11. The van der Waals surface area contributed by atoms with Gasteiger partial charge >= 0.3 is 5.97 Å². The predicted octanol–water partition coefficient (Wildman–Crippen LogP) is 1.48. The summed E-state index contributed by atoms with van der Waals surface area (Å²) in [6, 6.07) is -0.227. The first-order valence-corrected chi connectivity index (χ1v) is 6.72. The van der Waals surface area contributed by atoms with Gasteiger partial charge in [0, 0.05) is 6.04 Å². The van der Waals surface area contributed by atoms with Crippen LogP contribution >= 0.6 is 0 Å². The van der Waals surface area contributed by atoms with Crippen molar-refractivity contribution in [2.24, 2.45) is 0 Å². The van der Waals surface area contributed by atoms with E-state index in [1.165, 1.54) is 0 Å². The highest BCUT2D eigenvalue weighted by Gasteiger charge is 2.23. The molecule has 1 atom stereocenters. The maximum Gasteiger partial charge on any atom is 0.317 e. The van der Waals surface area contributed by atoms with Gasteiger partial charge in [0.1, 0.15) is 0 Å². The van der Waals surface area contributed by atoms with Crippen LogP contribution in [0.4, 0.5) is 0 Å². The van der Waals surface area contributed by atoms with E-state index in [2.05, 4.69) is 5.32 Å². The van der Waals surface area contributed by atoms with Crippen LogP contribution in [0.5, 0.6) is 0 Å². The largest absolute Gasteiger partial charge is 0.480 e. The lowest BCUT2D eigenvalue weighted by molar-refractivity contribution is -0.140. The second-order valence-electron chi connectivity index (χ2n) is 4.56. The molecule has 106 valence electrons. The fraction of sp³-hybridized carbons (Fsp3) is 0.846. The van der Waals surface area contributed by atoms with Crippen molar-refractivity contribution >= 4 is 11.9 Å². The van der Waals surface area contributed by atoms with Crippen LogP contribution in [0.1, 0.15) is 47.0 Å². The SMILES string of the molecule is CCCN(CC(=O)O)C(C)C(=O)NC(CC)CC. The number of carbonyl (C=O) groups excluding carboxylic acids is 1. The number of rotatable bonds is 9. The molecule has 0 spiro atoms. The van der Waals surface area contributed by atoms with Gasteiger partial charge in [-0.3, -0.25) is 14.5 Å². The van der Waals surface area contributed by atoms with E-state index < -0.39 is 12.0 Å². The summed E-state index contributed by atoms with van der Waals surface area (Å²) in [5, 5.41) is 11.8. The van der Waals surface area contributed by atoms with Gasteiger partial charge in [-0.05, 0) is 32.7 Å². The number of amides is 1. The Morgan fingerprint density at radius 1 is 1.22 bits per heavy atom. The molecular weight excluding hydrogens is 232 g/mol. The molecule has 0 saturated heterocycles. The van der Waals surface area contributed by atoms with Gasteiger partial charge in [0.2, 0.25) is 5.91 Å². The van der Waals surface area contributed by atoms with Gasteiger partial charge in [-0.1, -0.05) is 20.8 Å². The standard InChI is InChI=1S/C13H26N2O3/c1-5-8-15(9-12(16)17)10(4)13(18)14-11(6-2)7-3/h10-11H,5-9H2,1-4H3,(H,14,18)(H,16,17). The monoisotopic (exact) mass is 258 g/mol. The van der Waals surface area contributed by atoms with Crippen LogP contribution in [0, 0.1) is 0 Å². The lowest BCUT2D eigenvalue weighted by atomic mass is 10.1. The molecule has 0 aromatic heterocycles. The van der Waals surface area contributed by atoms with E-state index in [1.54, 1.807) is 11.8 Å². The first kappa shape index (κ1) is 16.9. The summed E-state index contributed by atoms with van der Waals surface area (Å²) in [5.74, 6) is -0.982. The third kappa shape index (κ3) is 6.00. The Labute approximate surface area is 110 Å². The molecule has 0 rings (SSSR count). The number of nitrogens with zero attached hydrogens (tertiary/aromatic N) is 1. The molecule has 0 fully saturated rings. The second kappa shape index (κ2) is 8.91. The van der Waals surface area contributed by atoms with Crippen molar-refractivity contribution in [2.75, 3.05) is 13.1 Å². The van der Waals surface area contributed by atoms with Crippen molar-refractivity contribution in [3.05, 3.63) is 0 Å². The van der Waals surface area contributed by atoms with Crippen molar-refractivity contribution in [2.45, 2.75) is 59.0 Å². The minimum absolute atomic E-state index is 0.0848. The Kier molecular flexibility index (Phi) is 8.37. The van der Waals surface area contributed by atoms with Gasteiger partial charge in [-0.15, -0.1) is 0 Å². The highest BCUT2D eigenvalue weighted by Crippen LogP contribution is 2.03. The molecule has 1 amide bonds. The average molecular weight is 258 g/mol. The minimum atomic E-state index is -0.898. The van der Waals surface area contributed by atoms with Crippen molar-refractivity contribution in [1.82, 2.24) is 10.2 Å². The maximum atomic E-state index is 12.0. The van der Waals surface area contributed by atoms with E-state index >= 15 is 0 Å². The molecule has 5 heteroatoms. The van der Waals surface area contributed by atoms with Gasteiger partial charge in [0.15, 0.2) is 0 Å². The molecule has 5 nitrogen and oxygen atoms in total. The van der Waals surface area contributed by atoms with Gasteiger partial charge in [0.05, 0.1) is 12.6 Å². The smallest absolute Gasteiger partial charge is 0.317 e. The molecule has 0 radical (unpaired) electrons. The fourth-order valence-electron chi connectivity index (χ4n) is 1.85. The van der Waals surface area contributed by atoms with E-state index in [4.69, 9.17) is 5.11 Å². The Morgan fingerprint density at radius 3 is 2.17 bits per heavy atom. The molecule has 1 unspecified atom stereocenters. The highest BCUT2D eigenvalue weighted by atomic mass is 16.4. The zero-order valence-electron chi connectivity index (χ0n) is 11.9. The van der Waals surface area contributed by atoms with Crippen LogP contribution in [0.25, 0.3) is 0 Å². The molecule has 0 aliphatic rings. The first-order chi connectivity index (χ1) is 8.46. The molecule has 2 N–H and O–H groups in total. The van der Waals surface area contributed by atoms with Crippen LogP contribution in [0.3, 0.4) is 0 Å². The number of nitrogens with one attached hydrogen (secondary N) is 1. The van der Waals surface area contributed by atoms with E-state index in [9.17, 15) is 9.59 Å². The molecule has 0 aliphatic heterocycles. The molecule has 0 aromatic rings. The molecule has 0 aromatic carbocycles. The lowest BCUT2D eigenvalue weighted by Gasteiger charge is -2.27. The fourth-order valence-corrected chi connectivity index (χ4v) is 1.85. The average Bonchev–Trinajstić information content (AvgIpc) is 2.33. The van der Waals surface area contributed by atoms with E-state index in [0.717, 1.165) is 19.3 Å². The van der Waals surface area contributed by atoms with Crippen LogP contribution in [-0.2, 0) is 9.59 Å². The van der Waals surface area contributed by atoms with Crippen LogP contribution in [0.2, 0.25) is 0 Å². The summed E-state index contributed by atoms with van der Waals surface area (Å²) >= 11 is 0. The minimum Gasteiger partial charge on any atom is -0.480 e. The molecule has 0 bridgehead atoms. The van der Waals surface area contributed by atoms with Gasteiger partial charge < -0.3 is 10.4 Å². The highest BCUT2D eigenvalue weighted by molar-refractivity contribution is 5.82. The van der Waals surface area contributed by atoms with Crippen molar-refractivity contribution in [1.29, 1.82) is 0 Å². The number of carbonyl (C=O) groups is 2. The Hall–Kier alpha value is -1.10. The quantitative estimate of drug-likeness (QED) is 0.657.